The van der Waals surface area contributed by atoms with Crippen LogP contribution in [-0.4, -0.2) is 33.5 Å². The van der Waals surface area contributed by atoms with Crippen molar-refractivity contribution >= 4 is 17.7 Å². The highest BCUT2D eigenvalue weighted by atomic mass is 32.2. The van der Waals surface area contributed by atoms with Crippen LogP contribution < -0.4 is 5.32 Å². The second kappa shape index (κ2) is 7.88. The van der Waals surface area contributed by atoms with E-state index in [2.05, 4.69) is 20.1 Å². The Morgan fingerprint density at radius 2 is 2.21 bits per heavy atom. The lowest BCUT2D eigenvalue weighted by molar-refractivity contribution is 0.0924. The quantitative estimate of drug-likeness (QED) is 0.613. The smallest absolute Gasteiger partial charge is 0.287 e. The van der Waals surface area contributed by atoms with Crippen molar-refractivity contribution < 1.29 is 9.21 Å². The zero-order chi connectivity index (χ0) is 16.9. The SMILES string of the molecule is CSc1nnc(CCCNC(=O)c2occc2C)n1C1CCCC1. The number of amides is 1. The van der Waals surface area contributed by atoms with Gasteiger partial charge in [0.2, 0.25) is 0 Å². The van der Waals surface area contributed by atoms with Gasteiger partial charge in [-0.25, -0.2) is 0 Å². The standard InChI is InChI=1S/C17H24N4O2S/c1-12-9-11-23-15(12)16(22)18-10-5-8-14-19-20-17(24-2)21(14)13-6-3-4-7-13/h9,11,13H,3-8,10H2,1-2H3,(H,18,22). The highest BCUT2D eigenvalue weighted by Crippen LogP contribution is 2.33. The molecule has 1 amide bonds. The number of rotatable bonds is 7. The Labute approximate surface area is 146 Å². The number of hydrogen-bond donors (Lipinski definition) is 1. The Morgan fingerprint density at radius 3 is 2.88 bits per heavy atom. The molecule has 0 radical (unpaired) electrons. The molecule has 2 heterocycles. The van der Waals surface area contributed by atoms with Crippen LogP contribution in [0.4, 0.5) is 0 Å². The summed E-state index contributed by atoms with van der Waals surface area (Å²) >= 11 is 1.65. The van der Waals surface area contributed by atoms with E-state index in [0.29, 0.717) is 18.3 Å². The van der Waals surface area contributed by atoms with E-state index in [1.807, 2.05) is 13.2 Å². The van der Waals surface area contributed by atoms with Crippen molar-refractivity contribution in [2.24, 2.45) is 0 Å². The van der Waals surface area contributed by atoms with Crippen molar-refractivity contribution in [3.63, 3.8) is 0 Å². The molecule has 0 bridgehead atoms. The minimum absolute atomic E-state index is 0.153. The number of carbonyl (C=O) groups is 1. The fourth-order valence-corrected chi connectivity index (χ4v) is 3.85. The van der Waals surface area contributed by atoms with Gasteiger partial charge in [-0.2, -0.15) is 0 Å². The van der Waals surface area contributed by atoms with Gasteiger partial charge < -0.3 is 14.3 Å². The normalized spacial score (nSPS) is 15.1. The molecule has 2 aromatic rings. The predicted octanol–water partition coefficient (Wildman–Crippen LogP) is 3.38. The van der Waals surface area contributed by atoms with Crippen molar-refractivity contribution in [1.29, 1.82) is 0 Å². The number of nitrogens with one attached hydrogen (secondary N) is 1. The average molecular weight is 348 g/mol. The van der Waals surface area contributed by atoms with E-state index in [1.54, 1.807) is 17.8 Å². The molecule has 0 spiro atoms. The summed E-state index contributed by atoms with van der Waals surface area (Å²) in [6.07, 6.45) is 10.2. The molecular formula is C17H24N4O2S. The zero-order valence-electron chi connectivity index (χ0n) is 14.2. The van der Waals surface area contributed by atoms with Crippen LogP contribution in [0, 0.1) is 6.92 Å². The third-order valence-electron chi connectivity index (χ3n) is 4.54. The molecule has 0 aliphatic heterocycles. The van der Waals surface area contributed by atoms with Gasteiger partial charge in [-0.1, -0.05) is 24.6 Å². The van der Waals surface area contributed by atoms with E-state index in [-0.39, 0.29) is 5.91 Å². The molecule has 1 N–H and O–H groups in total. The monoisotopic (exact) mass is 348 g/mol. The lowest BCUT2D eigenvalue weighted by Crippen LogP contribution is -2.25. The molecule has 0 atom stereocenters. The minimum Gasteiger partial charge on any atom is -0.459 e. The maximum atomic E-state index is 12.0. The van der Waals surface area contributed by atoms with Crippen molar-refractivity contribution in [2.45, 2.75) is 56.6 Å². The summed E-state index contributed by atoms with van der Waals surface area (Å²) in [7, 11) is 0. The summed E-state index contributed by atoms with van der Waals surface area (Å²) in [5, 5.41) is 12.6. The lowest BCUT2D eigenvalue weighted by Gasteiger charge is -2.16. The zero-order valence-corrected chi connectivity index (χ0v) is 15.1. The van der Waals surface area contributed by atoms with Gasteiger partial charge in [0.25, 0.3) is 5.91 Å². The van der Waals surface area contributed by atoms with Gasteiger partial charge in [-0.15, -0.1) is 10.2 Å². The Bertz CT molecular complexity index is 689. The molecule has 6 nitrogen and oxygen atoms in total. The lowest BCUT2D eigenvalue weighted by atomic mass is 10.2. The van der Waals surface area contributed by atoms with Crippen molar-refractivity contribution in [3.8, 4) is 0 Å². The molecule has 1 fully saturated rings. The number of aryl methyl sites for hydroxylation is 2. The third-order valence-corrected chi connectivity index (χ3v) is 5.18. The van der Waals surface area contributed by atoms with Crippen LogP contribution in [0.25, 0.3) is 0 Å². The fraction of sp³-hybridized carbons (Fsp3) is 0.588. The Hall–Kier alpha value is -1.76. The second-order valence-corrected chi connectivity index (χ2v) is 6.98. The van der Waals surface area contributed by atoms with E-state index < -0.39 is 0 Å². The van der Waals surface area contributed by atoms with Crippen LogP contribution in [0.1, 0.15) is 60.1 Å². The summed E-state index contributed by atoms with van der Waals surface area (Å²) < 4.78 is 7.52. The van der Waals surface area contributed by atoms with Gasteiger partial charge in [0.1, 0.15) is 5.82 Å². The molecule has 3 rings (SSSR count). The average Bonchev–Trinajstić information content (AvgIpc) is 3.31. The topological polar surface area (TPSA) is 73.0 Å². The van der Waals surface area contributed by atoms with Gasteiger partial charge >= 0.3 is 0 Å². The Balaban J connectivity index is 1.54. The Morgan fingerprint density at radius 1 is 1.42 bits per heavy atom. The first-order valence-corrected chi connectivity index (χ1v) is 9.73. The van der Waals surface area contributed by atoms with Gasteiger partial charge in [0.05, 0.1) is 6.26 Å². The summed E-state index contributed by atoms with van der Waals surface area (Å²) in [6.45, 7) is 2.47. The largest absolute Gasteiger partial charge is 0.459 e. The first-order valence-electron chi connectivity index (χ1n) is 8.50. The molecule has 0 aromatic carbocycles. The predicted molar refractivity (Wildman–Crippen MR) is 93.4 cm³/mol. The molecule has 7 heteroatoms. The number of hydrogen-bond acceptors (Lipinski definition) is 5. The van der Waals surface area contributed by atoms with Crippen molar-refractivity contribution in [3.05, 3.63) is 29.5 Å². The van der Waals surface area contributed by atoms with Gasteiger partial charge in [0, 0.05) is 24.6 Å². The first kappa shape index (κ1) is 17.1. The summed E-state index contributed by atoms with van der Waals surface area (Å²) in [4.78, 5) is 12.0. The van der Waals surface area contributed by atoms with Crippen LogP contribution in [0.2, 0.25) is 0 Å². The van der Waals surface area contributed by atoms with Crippen LogP contribution in [0.5, 0.6) is 0 Å². The van der Waals surface area contributed by atoms with Gasteiger partial charge in [-0.05, 0) is 38.5 Å². The van der Waals surface area contributed by atoms with E-state index in [0.717, 1.165) is 29.4 Å². The number of nitrogens with zero attached hydrogens (tertiary/aromatic N) is 3. The third kappa shape index (κ3) is 3.66. The molecule has 1 saturated carbocycles. The molecule has 24 heavy (non-hydrogen) atoms. The van der Waals surface area contributed by atoms with Crippen LogP contribution >= 0.6 is 11.8 Å². The highest BCUT2D eigenvalue weighted by Gasteiger charge is 2.23. The number of carbonyl (C=O) groups excluding carboxylic acids is 1. The van der Waals surface area contributed by atoms with E-state index in [9.17, 15) is 4.79 Å². The van der Waals surface area contributed by atoms with Crippen molar-refractivity contribution in [1.82, 2.24) is 20.1 Å². The maximum Gasteiger partial charge on any atom is 0.287 e. The van der Waals surface area contributed by atoms with E-state index in [4.69, 9.17) is 4.42 Å². The molecule has 0 unspecified atom stereocenters. The minimum atomic E-state index is -0.153. The molecule has 1 aliphatic rings. The molecular weight excluding hydrogens is 324 g/mol. The van der Waals surface area contributed by atoms with Gasteiger partial charge in [0.15, 0.2) is 10.9 Å². The number of thioether (sulfide) groups is 1. The molecule has 1 aliphatic carbocycles. The second-order valence-electron chi connectivity index (χ2n) is 6.20. The van der Waals surface area contributed by atoms with Crippen molar-refractivity contribution in [2.75, 3.05) is 12.8 Å². The van der Waals surface area contributed by atoms with E-state index >= 15 is 0 Å². The van der Waals surface area contributed by atoms with Crippen LogP contribution in [-0.2, 0) is 6.42 Å². The van der Waals surface area contributed by atoms with E-state index in [1.165, 1.54) is 31.9 Å². The van der Waals surface area contributed by atoms with Gasteiger partial charge in [-0.3, -0.25) is 4.79 Å². The number of furan rings is 1. The highest BCUT2D eigenvalue weighted by molar-refractivity contribution is 7.98. The first-order chi connectivity index (χ1) is 11.7. The van der Waals surface area contributed by atoms with Crippen LogP contribution in [0.3, 0.4) is 0 Å². The Kier molecular flexibility index (Phi) is 5.60. The number of aromatic nitrogens is 3. The summed E-state index contributed by atoms with van der Waals surface area (Å²) in [5.74, 6) is 1.28. The molecule has 0 saturated heterocycles. The summed E-state index contributed by atoms with van der Waals surface area (Å²) in [6, 6.07) is 2.33. The fourth-order valence-electron chi connectivity index (χ4n) is 3.28. The summed E-state index contributed by atoms with van der Waals surface area (Å²) in [5.41, 5.74) is 0.859. The maximum absolute atomic E-state index is 12.0. The molecule has 130 valence electrons. The molecule has 2 aromatic heterocycles. The van der Waals surface area contributed by atoms with Crippen LogP contribution in [0.15, 0.2) is 21.9 Å².